The molecule has 0 aliphatic rings. The highest BCUT2D eigenvalue weighted by molar-refractivity contribution is 9.10. The number of nitrogens with one attached hydrogen (secondary N) is 1. The van der Waals surface area contributed by atoms with E-state index in [9.17, 15) is 0 Å². The van der Waals surface area contributed by atoms with Gasteiger partial charge in [-0.3, -0.25) is 0 Å². The van der Waals surface area contributed by atoms with Crippen LogP contribution in [0.3, 0.4) is 0 Å². The standard InChI is InChI=1S/C16H20BrNO/c1-10-7-14(5-6-16(10)17)9-18-12(3)15-8-11(2)19-13(15)4/h5-8,12,18H,9H2,1-4H3. The Morgan fingerprint density at radius 3 is 2.53 bits per heavy atom. The number of hydrogen-bond acceptors (Lipinski definition) is 2. The lowest BCUT2D eigenvalue weighted by molar-refractivity contribution is 0.489. The van der Waals surface area contributed by atoms with Crippen LogP contribution in [0.1, 0.15) is 41.2 Å². The molecule has 0 fully saturated rings. The molecule has 3 heteroatoms. The van der Waals surface area contributed by atoms with Crippen molar-refractivity contribution in [3.63, 3.8) is 0 Å². The van der Waals surface area contributed by atoms with Crippen LogP contribution in [0.4, 0.5) is 0 Å². The van der Waals surface area contributed by atoms with Crippen LogP contribution in [0.15, 0.2) is 33.2 Å². The molecule has 1 heterocycles. The third-order valence-corrected chi connectivity index (χ3v) is 4.27. The second kappa shape index (κ2) is 5.93. The molecule has 0 amide bonds. The summed E-state index contributed by atoms with van der Waals surface area (Å²) < 4.78 is 6.73. The highest BCUT2D eigenvalue weighted by atomic mass is 79.9. The van der Waals surface area contributed by atoms with Crippen LogP contribution in [-0.2, 0) is 6.54 Å². The Bertz CT molecular complexity index is 574. The van der Waals surface area contributed by atoms with Crippen molar-refractivity contribution in [2.45, 2.75) is 40.3 Å². The van der Waals surface area contributed by atoms with Crippen LogP contribution in [0, 0.1) is 20.8 Å². The van der Waals surface area contributed by atoms with E-state index < -0.39 is 0 Å². The van der Waals surface area contributed by atoms with Gasteiger partial charge in [0.25, 0.3) is 0 Å². The van der Waals surface area contributed by atoms with Crippen LogP contribution in [0.2, 0.25) is 0 Å². The van der Waals surface area contributed by atoms with E-state index in [2.05, 4.69) is 59.4 Å². The van der Waals surface area contributed by atoms with Gasteiger partial charge in [-0.05, 0) is 51.0 Å². The molecule has 19 heavy (non-hydrogen) atoms. The minimum atomic E-state index is 0.293. The van der Waals surface area contributed by atoms with Gasteiger partial charge in [-0.2, -0.15) is 0 Å². The van der Waals surface area contributed by atoms with Crippen LogP contribution in [0.5, 0.6) is 0 Å². The Morgan fingerprint density at radius 2 is 1.95 bits per heavy atom. The number of benzene rings is 1. The Morgan fingerprint density at radius 1 is 1.21 bits per heavy atom. The van der Waals surface area contributed by atoms with Gasteiger partial charge in [-0.1, -0.05) is 28.1 Å². The summed E-state index contributed by atoms with van der Waals surface area (Å²) in [6.45, 7) is 9.15. The molecule has 2 aromatic rings. The summed E-state index contributed by atoms with van der Waals surface area (Å²) in [6.07, 6.45) is 0. The predicted octanol–water partition coefficient (Wildman–Crippen LogP) is 4.82. The fraction of sp³-hybridized carbons (Fsp3) is 0.375. The van der Waals surface area contributed by atoms with Gasteiger partial charge in [0, 0.05) is 22.6 Å². The Hall–Kier alpha value is -1.06. The van der Waals surface area contributed by atoms with Gasteiger partial charge in [0.1, 0.15) is 11.5 Å². The Kier molecular flexibility index (Phi) is 4.48. The average Bonchev–Trinajstić information content (AvgIpc) is 2.70. The Labute approximate surface area is 123 Å². The number of hydrogen-bond donors (Lipinski definition) is 1. The van der Waals surface area contributed by atoms with Crippen molar-refractivity contribution in [1.82, 2.24) is 5.32 Å². The first kappa shape index (κ1) is 14.4. The zero-order valence-electron chi connectivity index (χ0n) is 11.9. The summed E-state index contributed by atoms with van der Waals surface area (Å²) in [5.74, 6) is 1.98. The van der Waals surface area contributed by atoms with E-state index >= 15 is 0 Å². The summed E-state index contributed by atoms with van der Waals surface area (Å²) in [5, 5.41) is 3.54. The second-order valence-electron chi connectivity index (χ2n) is 5.05. The van der Waals surface area contributed by atoms with Crippen LogP contribution >= 0.6 is 15.9 Å². The van der Waals surface area contributed by atoms with E-state index in [-0.39, 0.29) is 0 Å². The summed E-state index contributed by atoms with van der Waals surface area (Å²) in [4.78, 5) is 0. The minimum Gasteiger partial charge on any atom is -0.466 e. The van der Waals surface area contributed by atoms with Crippen molar-refractivity contribution in [2.75, 3.05) is 0 Å². The molecular formula is C16H20BrNO. The second-order valence-corrected chi connectivity index (χ2v) is 5.91. The lowest BCUT2D eigenvalue weighted by atomic mass is 10.1. The number of furan rings is 1. The topological polar surface area (TPSA) is 25.2 Å². The average molecular weight is 322 g/mol. The monoisotopic (exact) mass is 321 g/mol. The molecule has 2 rings (SSSR count). The summed E-state index contributed by atoms with van der Waals surface area (Å²) in [5.41, 5.74) is 3.80. The first-order valence-corrected chi connectivity index (χ1v) is 7.32. The molecule has 1 atom stereocenters. The van der Waals surface area contributed by atoms with Crippen molar-refractivity contribution >= 4 is 15.9 Å². The third-order valence-electron chi connectivity index (χ3n) is 3.38. The quantitative estimate of drug-likeness (QED) is 0.873. The van der Waals surface area contributed by atoms with E-state index in [1.807, 2.05) is 13.8 Å². The minimum absolute atomic E-state index is 0.293. The number of aryl methyl sites for hydroxylation is 3. The molecule has 0 aliphatic carbocycles. The largest absolute Gasteiger partial charge is 0.466 e. The van der Waals surface area contributed by atoms with Gasteiger partial charge in [-0.25, -0.2) is 0 Å². The van der Waals surface area contributed by atoms with Crippen LogP contribution < -0.4 is 5.32 Å². The maximum Gasteiger partial charge on any atom is 0.105 e. The van der Waals surface area contributed by atoms with Crippen molar-refractivity contribution in [3.8, 4) is 0 Å². The van der Waals surface area contributed by atoms with E-state index in [0.29, 0.717) is 6.04 Å². The summed E-state index contributed by atoms with van der Waals surface area (Å²) in [7, 11) is 0. The molecular weight excluding hydrogens is 302 g/mol. The fourth-order valence-electron chi connectivity index (χ4n) is 2.28. The highest BCUT2D eigenvalue weighted by Crippen LogP contribution is 2.22. The molecule has 0 bridgehead atoms. The van der Waals surface area contributed by atoms with Crippen molar-refractivity contribution in [3.05, 3.63) is 56.9 Å². The molecule has 1 aromatic heterocycles. The molecule has 1 unspecified atom stereocenters. The molecule has 0 radical (unpaired) electrons. The fourth-order valence-corrected chi connectivity index (χ4v) is 2.52. The number of rotatable bonds is 4. The van der Waals surface area contributed by atoms with Crippen molar-refractivity contribution in [2.24, 2.45) is 0 Å². The van der Waals surface area contributed by atoms with Gasteiger partial charge in [0.2, 0.25) is 0 Å². The smallest absolute Gasteiger partial charge is 0.105 e. The number of halogens is 1. The molecule has 102 valence electrons. The first-order valence-electron chi connectivity index (χ1n) is 6.52. The van der Waals surface area contributed by atoms with Gasteiger partial charge in [0.05, 0.1) is 0 Å². The maximum absolute atomic E-state index is 5.58. The molecule has 1 aromatic carbocycles. The third kappa shape index (κ3) is 3.48. The maximum atomic E-state index is 5.58. The summed E-state index contributed by atoms with van der Waals surface area (Å²) in [6, 6.07) is 8.85. The van der Waals surface area contributed by atoms with Crippen LogP contribution in [0.25, 0.3) is 0 Å². The first-order chi connectivity index (χ1) is 8.97. The Balaban J connectivity index is 2.02. The van der Waals surface area contributed by atoms with E-state index in [1.165, 1.54) is 16.7 Å². The zero-order chi connectivity index (χ0) is 14.0. The van der Waals surface area contributed by atoms with E-state index in [1.54, 1.807) is 0 Å². The molecule has 0 saturated carbocycles. The van der Waals surface area contributed by atoms with Crippen LogP contribution in [-0.4, -0.2) is 0 Å². The van der Waals surface area contributed by atoms with Crippen molar-refractivity contribution in [1.29, 1.82) is 0 Å². The molecule has 0 spiro atoms. The van der Waals surface area contributed by atoms with Crippen molar-refractivity contribution < 1.29 is 4.42 Å². The molecule has 0 saturated heterocycles. The SMILES string of the molecule is Cc1cc(C(C)NCc2ccc(Br)c(C)c2)c(C)o1. The lowest BCUT2D eigenvalue weighted by Gasteiger charge is -2.13. The van der Waals surface area contributed by atoms with E-state index in [4.69, 9.17) is 4.42 Å². The summed E-state index contributed by atoms with van der Waals surface area (Å²) >= 11 is 3.53. The highest BCUT2D eigenvalue weighted by Gasteiger charge is 2.12. The van der Waals surface area contributed by atoms with E-state index in [0.717, 1.165) is 22.5 Å². The predicted molar refractivity (Wildman–Crippen MR) is 82.3 cm³/mol. The van der Waals surface area contributed by atoms with Gasteiger partial charge in [-0.15, -0.1) is 0 Å². The molecule has 1 N–H and O–H groups in total. The van der Waals surface area contributed by atoms with Gasteiger partial charge >= 0.3 is 0 Å². The molecule has 2 nitrogen and oxygen atoms in total. The van der Waals surface area contributed by atoms with Gasteiger partial charge in [0.15, 0.2) is 0 Å². The van der Waals surface area contributed by atoms with Gasteiger partial charge < -0.3 is 9.73 Å². The zero-order valence-corrected chi connectivity index (χ0v) is 13.5. The normalized spacial score (nSPS) is 12.7. The molecule has 0 aliphatic heterocycles. The lowest BCUT2D eigenvalue weighted by Crippen LogP contribution is -2.18.